The van der Waals surface area contributed by atoms with Gasteiger partial charge in [0, 0.05) is 12.7 Å². The molecule has 2 N–H and O–H groups in total. The van der Waals surface area contributed by atoms with Crippen molar-refractivity contribution >= 4 is 21.5 Å². The van der Waals surface area contributed by atoms with Crippen LogP contribution in [0, 0.1) is 0 Å². The van der Waals surface area contributed by atoms with E-state index in [4.69, 9.17) is 9.47 Å². The van der Waals surface area contributed by atoms with Crippen molar-refractivity contribution in [2.24, 2.45) is 0 Å². The maximum atomic E-state index is 12.9. The molecule has 24 heavy (non-hydrogen) atoms. The van der Waals surface area contributed by atoms with Crippen molar-refractivity contribution in [3.8, 4) is 0 Å². The molecule has 0 fully saturated rings. The van der Waals surface area contributed by atoms with Gasteiger partial charge >= 0.3 is 0 Å². The summed E-state index contributed by atoms with van der Waals surface area (Å²) in [4.78, 5) is -0.0385. The zero-order chi connectivity index (χ0) is 17.3. The fraction of sp³-hybridized carbons (Fsp3) is 0.308. The minimum absolute atomic E-state index is 0.0385. The highest BCUT2D eigenvalue weighted by atomic mass is 32.2. The van der Waals surface area contributed by atoms with Gasteiger partial charge in [-0.05, 0) is 24.3 Å². The van der Waals surface area contributed by atoms with Crippen LogP contribution in [-0.2, 0) is 19.5 Å². The zero-order valence-corrected chi connectivity index (χ0v) is 13.7. The van der Waals surface area contributed by atoms with E-state index in [0.29, 0.717) is 0 Å². The third kappa shape index (κ3) is 2.62. The number of aliphatic hydroxyl groups is 1. The van der Waals surface area contributed by atoms with Gasteiger partial charge in [-0.25, -0.2) is 12.7 Å². The summed E-state index contributed by atoms with van der Waals surface area (Å²) in [5, 5.41) is 23.8. The Hall–Kier alpha value is -2.50. The van der Waals surface area contributed by atoms with Crippen molar-refractivity contribution in [3.63, 3.8) is 0 Å². The van der Waals surface area contributed by atoms with E-state index in [-0.39, 0.29) is 34.5 Å². The number of hydrogen-bond acceptors (Lipinski definition) is 8. The number of aromatic nitrogens is 4. The van der Waals surface area contributed by atoms with Crippen LogP contribution in [0.15, 0.2) is 29.2 Å². The van der Waals surface area contributed by atoms with Crippen LogP contribution in [0.2, 0.25) is 0 Å². The summed E-state index contributed by atoms with van der Waals surface area (Å²) < 4.78 is 37.1. The van der Waals surface area contributed by atoms with Crippen LogP contribution in [0.3, 0.4) is 0 Å². The second-order valence-electron chi connectivity index (χ2n) is 4.88. The summed E-state index contributed by atoms with van der Waals surface area (Å²) in [6.45, 7) is 1.22. The molecule has 0 saturated heterocycles. The first-order valence-corrected chi connectivity index (χ1v) is 8.34. The Labute approximate surface area is 137 Å². The number of H-pyrrole nitrogens is 1. The molecule has 0 saturated carbocycles. The SMILES string of the molecule is COC(C)OCN1C(c2nn[nH]n2)=C(O)c2ccccc2S1(=O)=O. The van der Waals surface area contributed by atoms with Crippen LogP contribution < -0.4 is 0 Å². The van der Waals surface area contributed by atoms with Gasteiger partial charge in [0.2, 0.25) is 5.82 Å². The fourth-order valence-corrected chi connectivity index (χ4v) is 3.76. The Balaban J connectivity index is 2.16. The highest BCUT2D eigenvalue weighted by Crippen LogP contribution is 2.38. The number of hydrogen-bond donors (Lipinski definition) is 2. The maximum absolute atomic E-state index is 12.9. The van der Waals surface area contributed by atoms with Crippen molar-refractivity contribution in [1.29, 1.82) is 0 Å². The van der Waals surface area contributed by atoms with Crippen LogP contribution in [0.25, 0.3) is 11.5 Å². The lowest BCUT2D eigenvalue weighted by atomic mass is 10.1. The number of ether oxygens (including phenoxy) is 2. The molecule has 1 aliphatic heterocycles. The topological polar surface area (TPSA) is 131 Å². The Bertz CT molecular complexity index is 865. The van der Waals surface area contributed by atoms with Crippen molar-refractivity contribution in [3.05, 3.63) is 35.7 Å². The van der Waals surface area contributed by atoms with Gasteiger partial charge in [-0.1, -0.05) is 12.1 Å². The van der Waals surface area contributed by atoms with Crippen LogP contribution in [0.5, 0.6) is 0 Å². The number of methoxy groups -OCH3 is 1. The lowest BCUT2D eigenvalue weighted by molar-refractivity contribution is -0.123. The number of aliphatic hydroxyl groups excluding tert-OH is 1. The second kappa shape index (κ2) is 6.19. The number of tetrazole rings is 1. The average molecular weight is 353 g/mol. The molecule has 128 valence electrons. The molecule has 1 aromatic carbocycles. The number of benzene rings is 1. The van der Waals surface area contributed by atoms with Crippen molar-refractivity contribution < 1.29 is 23.0 Å². The summed E-state index contributed by atoms with van der Waals surface area (Å²) in [6.07, 6.45) is -0.647. The van der Waals surface area contributed by atoms with E-state index >= 15 is 0 Å². The summed E-state index contributed by atoms with van der Waals surface area (Å²) in [5.41, 5.74) is 0.0408. The van der Waals surface area contributed by atoms with Crippen LogP contribution in [-0.4, -0.2) is 58.6 Å². The number of nitrogens with zero attached hydrogens (tertiary/aromatic N) is 4. The summed E-state index contributed by atoms with van der Waals surface area (Å²) in [7, 11) is -2.55. The largest absolute Gasteiger partial charge is 0.505 e. The molecule has 2 aromatic rings. The van der Waals surface area contributed by atoms with Crippen molar-refractivity contribution in [1.82, 2.24) is 24.9 Å². The first-order valence-electron chi connectivity index (χ1n) is 6.90. The molecule has 0 spiro atoms. The molecule has 0 bridgehead atoms. The summed E-state index contributed by atoms with van der Waals surface area (Å²) in [5.74, 6) is -0.352. The Morgan fingerprint density at radius 2 is 2.12 bits per heavy atom. The third-order valence-electron chi connectivity index (χ3n) is 3.50. The van der Waals surface area contributed by atoms with E-state index < -0.39 is 16.3 Å². The minimum Gasteiger partial charge on any atom is -0.505 e. The first kappa shape index (κ1) is 16.4. The molecule has 10 nitrogen and oxygen atoms in total. The van der Waals surface area contributed by atoms with Gasteiger partial charge in [-0.15, -0.1) is 10.2 Å². The molecule has 11 heteroatoms. The highest BCUT2D eigenvalue weighted by Gasteiger charge is 2.39. The number of rotatable bonds is 5. The van der Waals surface area contributed by atoms with E-state index in [1.165, 1.54) is 19.2 Å². The zero-order valence-electron chi connectivity index (χ0n) is 12.9. The smallest absolute Gasteiger partial charge is 0.267 e. The predicted octanol–water partition coefficient (Wildman–Crippen LogP) is 0.554. The summed E-state index contributed by atoms with van der Waals surface area (Å²) in [6, 6.07) is 6.09. The fourth-order valence-electron chi connectivity index (χ4n) is 2.23. The Morgan fingerprint density at radius 1 is 1.38 bits per heavy atom. The monoisotopic (exact) mass is 353 g/mol. The van der Waals surface area contributed by atoms with Crippen molar-refractivity contribution in [2.45, 2.75) is 18.1 Å². The normalized spacial score (nSPS) is 17.7. The summed E-state index contributed by atoms with van der Waals surface area (Å²) >= 11 is 0. The minimum atomic E-state index is -3.98. The van der Waals surface area contributed by atoms with Gasteiger partial charge < -0.3 is 14.6 Å². The molecule has 3 rings (SSSR count). The number of sulfonamides is 1. The van der Waals surface area contributed by atoms with E-state index in [9.17, 15) is 13.5 Å². The van der Waals surface area contributed by atoms with E-state index in [0.717, 1.165) is 4.31 Å². The lowest BCUT2D eigenvalue weighted by Crippen LogP contribution is -2.37. The molecule has 0 amide bonds. The average Bonchev–Trinajstić information content (AvgIpc) is 3.10. The molecule has 1 aliphatic rings. The quantitative estimate of drug-likeness (QED) is 0.745. The predicted molar refractivity (Wildman–Crippen MR) is 81.5 cm³/mol. The van der Waals surface area contributed by atoms with Crippen LogP contribution in [0.4, 0.5) is 0 Å². The number of aromatic amines is 1. The molecule has 1 aromatic heterocycles. The Kier molecular flexibility index (Phi) is 4.22. The van der Waals surface area contributed by atoms with Gasteiger partial charge in [0.05, 0.1) is 4.90 Å². The molecule has 1 atom stereocenters. The molecule has 2 heterocycles. The van der Waals surface area contributed by atoms with E-state index in [1.54, 1.807) is 19.1 Å². The lowest BCUT2D eigenvalue weighted by Gasteiger charge is -2.31. The molecule has 1 unspecified atom stereocenters. The molecule has 0 radical (unpaired) electrons. The van der Waals surface area contributed by atoms with Crippen molar-refractivity contribution in [2.75, 3.05) is 13.8 Å². The number of fused-ring (bicyclic) bond motifs is 1. The molecule has 0 aliphatic carbocycles. The standard InChI is InChI=1S/C13H15N5O5S/c1-8(22-2)23-7-18-11(13-14-16-17-15-13)12(19)9-5-3-4-6-10(9)24(18,20)21/h3-6,8,19H,7H2,1-2H3,(H,14,15,16,17). The maximum Gasteiger partial charge on any atom is 0.267 e. The molecular weight excluding hydrogens is 338 g/mol. The van der Waals surface area contributed by atoms with Crippen LogP contribution >= 0.6 is 0 Å². The highest BCUT2D eigenvalue weighted by molar-refractivity contribution is 7.89. The van der Waals surface area contributed by atoms with Gasteiger partial charge in [0.25, 0.3) is 10.0 Å². The third-order valence-corrected chi connectivity index (χ3v) is 5.28. The van der Waals surface area contributed by atoms with Gasteiger partial charge in [-0.3, -0.25) is 0 Å². The number of nitrogens with one attached hydrogen (secondary N) is 1. The second-order valence-corrected chi connectivity index (χ2v) is 6.71. The Morgan fingerprint density at radius 3 is 2.79 bits per heavy atom. The van der Waals surface area contributed by atoms with Gasteiger partial charge in [0.15, 0.2) is 12.0 Å². The van der Waals surface area contributed by atoms with Gasteiger partial charge in [-0.2, -0.15) is 5.21 Å². The molecular formula is C13H15N5O5S. The van der Waals surface area contributed by atoms with Gasteiger partial charge in [0.1, 0.15) is 12.4 Å². The van der Waals surface area contributed by atoms with E-state index in [2.05, 4.69) is 20.6 Å². The van der Waals surface area contributed by atoms with Crippen LogP contribution in [0.1, 0.15) is 18.3 Å². The van der Waals surface area contributed by atoms with E-state index in [1.807, 2.05) is 0 Å². The first-order chi connectivity index (χ1) is 11.5.